The first-order chi connectivity index (χ1) is 11.6. The van der Waals surface area contributed by atoms with Gasteiger partial charge in [-0.1, -0.05) is 18.2 Å². The molecule has 5 heteroatoms. The second-order valence-corrected chi connectivity index (χ2v) is 7.03. The van der Waals surface area contributed by atoms with Crippen molar-refractivity contribution < 1.29 is 14.3 Å². The van der Waals surface area contributed by atoms with Gasteiger partial charge in [0, 0.05) is 22.2 Å². The number of benzene rings is 2. The first-order valence-electron chi connectivity index (χ1n) is 7.94. The van der Waals surface area contributed by atoms with Gasteiger partial charge in [0.1, 0.15) is 6.61 Å². The Morgan fingerprint density at radius 1 is 1.00 bits per heavy atom. The van der Waals surface area contributed by atoms with Crippen LogP contribution in [0.3, 0.4) is 0 Å². The predicted octanol–water partition coefficient (Wildman–Crippen LogP) is 3.88. The zero-order valence-electron chi connectivity index (χ0n) is 13.2. The molecule has 1 aliphatic heterocycles. The topological polar surface area (TPSA) is 46.6 Å². The monoisotopic (exact) mass is 435 g/mol. The fourth-order valence-electron chi connectivity index (χ4n) is 2.69. The molecule has 1 fully saturated rings. The van der Waals surface area contributed by atoms with Crippen molar-refractivity contribution >= 4 is 34.5 Å². The van der Waals surface area contributed by atoms with Crippen molar-refractivity contribution in [2.24, 2.45) is 0 Å². The van der Waals surface area contributed by atoms with Crippen LogP contribution >= 0.6 is 22.6 Å². The lowest BCUT2D eigenvalue weighted by Crippen LogP contribution is -2.27. The van der Waals surface area contributed by atoms with Gasteiger partial charge in [-0.15, -0.1) is 0 Å². The van der Waals surface area contributed by atoms with Gasteiger partial charge < -0.3 is 9.64 Å². The SMILES string of the molecule is O=C(OCc1ccc(C(=O)N2CCCC2)cc1)c1cccc(I)c1. The Morgan fingerprint density at radius 2 is 1.71 bits per heavy atom. The lowest BCUT2D eigenvalue weighted by atomic mass is 10.1. The molecule has 1 amide bonds. The van der Waals surface area contributed by atoms with E-state index in [1.54, 1.807) is 24.3 Å². The quantitative estimate of drug-likeness (QED) is 0.541. The van der Waals surface area contributed by atoms with Crippen LogP contribution < -0.4 is 0 Å². The zero-order chi connectivity index (χ0) is 16.9. The summed E-state index contributed by atoms with van der Waals surface area (Å²) in [4.78, 5) is 26.2. The highest BCUT2D eigenvalue weighted by Crippen LogP contribution is 2.15. The average Bonchev–Trinajstić information content (AvgIpc) is 3.14. The van der Waals surface area contributed by atoms with Crippen LogP contribution in [0.1, 0.15) is 39.1 Å². The third-order valence-corrected chi connectivity index (χ3v) is 4.70. The number of amides is 1. The summed E-state index contributed by atoms with van der Waals surface area (Å²) in [5.74, 6) is -0.263. The van der Waals surface area contributed by atoms with Crippen LogP contribution in [-0.2, 0) is 11.3 Å². The molecule has 0 radical (unpaired) electrons. The van der Waals surface area contributed by atoms with E-state index in [4.69, 9.17) is 4.74 Å². The molecule has 1 saturated heterocycles. The van der Waals surface area contributed by atoms with E-state index in [2.05, 4.69) is 22.6 Å². The van der Waals surface area contributed by atoms with Crippen LogP contribution in [-0.4, -0.2) is 29.9 Å². The molecule has 0 atom stereocenters. The van der Waals surface area contributed by atoms with Gasteiger partial charge in [-0.2, -0.15) is 0 Å². The molecule has 0 bridgehead atoms. The summed E-state index contributed by atoms with van der Waals surface area (Å²) in [7, 11) is 0. The number of rotatable bonds is 4. The Kier molecular flexibility index (Phi) is 5.50. The Hall–Kier alpha value is -1.89. The number of nitrogens with zero attached hydrogens (tertiary/aromatic N) is 1. The van der Waals surface area contributed by atoms with Crippen LogP contribution in [0, 0.1) is 3.57 Å². The fourth-order valence-corrected chi connectivity index (χ4v) is 3.24. The molecule has 1 heterocycles. The van der Waals surface area contributed by atoms with E-state index in [0.29, 0.717) is 11.1 Å². The Labute approximate surface area is 154 Å². The second kappa shape index (κ2) is 7.79. The first-order valence-corrected chi connectivity index (χ1v) is 9.02. The standard InChI is InChI=1S/C19H18INO3/c20-17-5-3-4-16(12-17)19(23)24-13-14-6-8-15(9-7-14)18(22)21-10-1-2-11-21/h3-9,12H,1-2,10-11,13H2. The predicted molar refractivity (Wildman–Crippen MR) is 99.9 cm³/mol. The van der Waals surface area contributed by atoms with E-state index in [1.807, 2.05) is 29.2 Å². The molecule has 3 rings (SSSR count). The van der Waals surface area contributed by atoms with Crippen molar-refractivity contribution in [1.82, 2.24) is 4.90 Å². The molecular weight excluding hydrogens is 417 g/mol. The third kappa shape index (κ3) is 4.14. The Balaban J connectivity index is 1.58. The number of hydrogen-bond donors (Lipinski definition) is 0. The highest BCUT2D eigenvalue weighted by molar-refractivity contribution is 14.1. The molecule has 2 aromatic carbocycles. The summed E-state index contributed by atoms with van der Waals surface area (Å²) in [6.07, 6.45) is 2.16. The van der Waals surface area contributed by atoms with E-state index in [1.165, 1.54) is 0 Å². The maximum Gasteiger partial charge on any atom is 0.338 e. The van der Waals surface area contributed by atoms with Gasteiger partial charge in [0.25, 0.3) is 5.91 Å². The van der Waals surface area contributed by atoms with Crippen molar-refractivity contribution in [3.63, 3.8) is 0 Å². The summed E-state index contributed by atoms with van der Waals surface area (Å²) in [5.41, 5.74) is 2.10. The van der Waals surface area contributed by atoms with Crippen molar-refractivity contribution in [3.05, 3.63) is 68.8 Å². The van der Waals surface area contributed by atoms with Crippen molar-refractivity contribution in [1.29, 1.82) is 0 Å². The van der Waals surface area contributed by atoms with Gasteiger partial charge in [-0.05, 0) is 71.3 Å². The first kappa shape index (κ1) is 17.0. The number of likely N-dealkylation sites (tertiary alicyclic amines) is 1. The van der Waals surface area contributed by atoms with Crippen LogP contribution in [0.5, 0.6) is 0 Å². The normalized spacial score (nSPS) is 13.8. The molecule has 1 aliphatic rings. The van der Waals surface area contributed by atoms with E-state index in [0.717, 1.165) is 35.1 Å². The molecule has 0 spiro atoms. The minimum absolute atomic E-state index is 0.0786. The lowest BCUT2D eigenvalue weighted by Gasteiger charge is -2.15. The van der Waals surface area contributed by atoms with Crippen LogP contribution in [0.15, 0.2) is 48.5 Å². The fraction of sp³-hybridized carbons (Fsp3) is 0.263. The smallest absolute Gasteiger partial charge is 0.338 e. The number of carbonyl (C=O) groups excluding carboxylic acids is 2. The molecular formula is C19H18INO3. The number of esters is 1. The maximum atomic E-state index is 12.3. The Bertz CT molecular complexity index is 737. The molecule has 4 nitrogen and oxygen atoms in total. The van der Waals surface area contributed by atoms with Gasteiger partial charge in [0.2, 0.25) is 0 Å². The summed E-state index contributed by atoms with van der Waals surface area (Å²) < 4.78 is 6.32. The highest BCUT2D eigenvalue weighted by atomic mass is 127. The van der Waals surface area contributed by atoms with Crippen LogP contribution in [0.2, 0.25) is 0 Å². The van der Waals surface area contributed by atoms with Crippen molar-refractivity contribution in [2.75, 3.05) is 13.1 Å². The Morgan fingerprint density at radius 3 is 2.38 bits per heavy atom. The van der Waals surface area contributed by atoms with Gasteiger partial charge in [0.15, 0.2) is 0 Å². The zero-order valence-corrected chi connectivity index (χ0v) is 15.4. The lowest BCUT2D eigenvalue weighted by molar-refractivity contribution is 0.0472. The van der Waals surface area contributed by atoms with E-state index >= 15 is 0 Å². The molecule has 124 valence electrons. The molecule has 0 saturated carbocycles. The molecule has 2 aromatic rings. The van der Waals surface area contributed by atoms with Gasteiger partial charge in [-0.25, -0.2) is 4.79 Å². The van der Waals surface area contributed by atoms with Crippen molar-refractivity contribution in [2.45, 2.75) is 19.4 Å². The van der Waals surface area contributed by atoms with Crippen LogP contribution in [0.25, 0.3) is 0 Å². The molecule has 0 aliphatic carbocycles. The average molecular weight is 435 g/mol. The largest absolute Gasteiger partial charge is 0.457 e. The van der Waals surface area contributed by atoms with Crippen molar-refractivity contribution in [3.8, 4) is 0 Å². The maximum absolute atomic E-state index is 12.3. The third-order valence-electron chi connectivity index (χ3n) is 4.02. The van der Waals surface area contributed by atoms with Gasteiger partial charge in [-0.3, -0.25) is 4.79 Å². The minimum atomic E-state index is -0.342. The van der Waals surface area contributed by atoms with E-state index < -0.39 is 0 Å². The van der Waals surface area contributed by atoms with Gasteiger partial charge in [0.05, 0.1) is 5.56 Å². The summed E-state index contributed by atoms with van der Waals surface area (Å²) in [6, 6.07) is 14.6. The summed E-state index contributed by atoms with van der Waals surface area (Å²) in [6.45, 7) is 1.88. The van der Waals surface area contributed by atoms with E-state index in [-0.39, 0.29) is 18.5 Å². The summed E-state index contributed by atoms with van der Waals surface area (Å²) in [5, 5.41) is 0. The number of halogens is 1. The summed E-state index contributed by atoms with van der Waals surface area (Å²) >= 11 is 2.16. The minimum Gasteiger partial charge on any atom is -0.457 e. The van der Waals surface area contributed by atoms with Gasteiger partial charge >= 0.3 is 5.97 Å². The highest BCUT2D eigenvalue weighted by Gasteiger charge is 2.19. The molecule has 0 N–H and O–H groups in total. The van der Waals surface area contributed by atoms with E-state index in [9.17, 15) is 9.59 Å². The number of ether oxygens (including phenoxy) is 1. The number of hydrogen-bond acceptors (Lipinski definition) is 3. The van der Waals surface area contributed by atoms with Crippen LogP contribution in [0.4, 0.5) is 0 Å². The molecule has 0 unspecified atom stereocenters. The number of carbonyl (C=O) groups is 2. The molecule has 24 heavy (non-hydrogen) atoms. The second-order valence-electron chi connectivity index (χ2n) is 5.78. The molecule has 0 aromatic heterocycles.